The van der Waals surface area contributed by atoms with Gasteiger partial charge in [0.05, 0.1) is 30.7 Å². The van der Waals surface area contributed by atoms with Gasteiger partial charge >= 0.3 is 0 Å². The monoisotopic (exact) mass is 643 g/mol. The van der Waals surface area contributed by atoms with Crippen molar-refractivity contribution in [3.8, 4) is 5.75 Å². The van der Waals surface area contributed by atoms with Gasteiger partial charge in [-0.2, -0.15) is 0 Å². The van der Waals surface area contributed by atoms with Crippen molar-refractivity contribution in [2.75, 3.05) is 43.2 Å². The van der Waals surface area contributed by atoms with E-state index in [0.717, 1.165) is 23.7 Å². The third-order valence-corrected chi connectivity index (χ3v) is 11.4. The number of ether oxygens (including phenoxy) is 1. The second-order valence-corrected chi connectivity index (χ2v) is 13.5. The number of imide groups is 2. The molecule has 0 radical (unpaired) electrons. The fourth-order valence-electron chi connectivity index (χ4n) is 7.73. The zero-order valence-corrected chi connectivity index (χ0v) is 25.4. The molecule has 2 aromatic rings. The van der Waals surface area contributed by atoms with Crippen molar-refractivity contribution in [1.82, 2.24) is 4.90 Å². The lowest BCUT2D eigenvalue weighted by molar-refractivity contribution is -0.138. The van der Waals surface area contributed by atoms with Gasteiger partial charge in [-0.1, -0.05) is 23.3 Å². The van der Waals surface area contributed by atoms with Crippen LogP contribution in [0.5, 0.6) is 5.75 Å². The van der Waals surface area contributed by atoms with E-state index in [1.807, 2.05) is 18.2 Å². The number of phenolic OH excluding ortho intramolecular Hbond substituents is 1. The van der Waals surface area contributed by atoms with E-state index in [9.17, 15) is 24.3 Å². The molecule has 0 aromatic heterocycles. The van der Waals surface area contributed by atoms with Gasteiger partial charge in [0.1, 0.15) is 5.75 Å². The van der Waals surface area contributed by atoms with Gasteiger partial charge in [0.25, 0.3) is 11.8 Å². The summed E-state index contributed by atoms with van der Waals surface area (Å²) in [5.74, 6) is -5.56. The molecule has 3 aliphatic heterocycles. The predicted octanol–water partition coefficient (Wildman–Crippen LogP) is 4.08. The lowest BCUT2D eigenvalue weighted by Gasteiger charge is -2.50. The summed E-state index contributed by atoms with van der Waals surface area (Å²) < 4.78 is 5.43. The third-order valence-electron chi connectivity index (χ3n) is 9.80. The molecule has 4 amide bonds. The number of rotatable bonds is 3. The van der Waals surface area contributed by atoms with Gasteiger partial charge in [-0.3, -0.25) is 29.0 Å². The van der Waals surface area contributed by atoms with Gasteiger partial charge in [-0.25, -0.2) is 0 Å². The quantitative estimate of drug-likeness (QED) is 0.305. The Kier molecular flexibility index (Phi) is 6.63. The van der Waals surface area contributed by atoms with Gasteiger partial charge in [0, 0.05) is 42.3 Å². The smallest absolute Gasteiger partial charge is 0.253 e. The number of fused-ring (bicyclic) bond motifs is 4. The fraction of sp³-hybridized carbons (Fsp3) is 0.419. The third kappa shape index (κ3) is 3.87. The van der Waals surface area contributed by atoms with Crippen molar-refractivity contribution < 1.29 is 29.0 Å². The van der Waals surface area contributed by atoms with E-state index in [1.165, 1.54) is 30.1 Å². The van der Waals surface area contributed by atoms with Crippen molar-refractivity contribution in [3.63, 3.8) is 0 Å². The van der Waals surface area contributed by atoms with E-state index in [0.29, 0.717) is 24.5 Å². The molecule has 3 saturated heterocycles. The highest BCUT2D eigenvalue weighted by molar-refractivity contribution is 6.53. The number of likely N-dealkylation sites (tertiary alicyclic amines) is 1. The Hall–Kier alpha value is -3.11. The first-order valence-corrected chi connectivity index (χ1v) is 15.3. The van der Waals surface area contributed by atoms with E-state index in [2.05, 4.69) is 4.90 Å². The zero-order chi connectivity index (χ0) is 30.4. The minimum atomic E-state index is -1.99. The highest BCUT2D eigenvalue weighted by Gasteiger charge is 2.76. The number of allylic oxidation sites excluding steroid dienone is 2. The Morgan fingerprint density at radius 1 is 0.907 bits per heavy atom. The Balaban J connectivity index is 1.30. The molecular formula is C31H28Cl3N3O6. The van der Waals surface area contributed by atoms with Gasteiger partial charge < -0.3 is 14.7 Å². The van der Waals surface area contributed by atoms with Crippen LogP contribution in [0.4, 0.5) is 11.4 Å². The number of aromatic hydroxyl groups is 1. The summed E-state index contributed by atoms with van der Waals surface area (Å²) in [5.41, 5.74) is 2.25. The zero-order valence-electron chi connectivity index (χ0n) is 23.1. The average Bonchev–Trinajstić information content (AvgIpc) is 3.34. The summed E-state index contributed by atoms with van der Waals surface area (Å²) in [7, 11) is 1.32. The minimum absolute atomic E-state index is 0.124. The lowest BCUT2D eigenvalue weighted by atomic mass is 9.56. The minimum Gasteiger partial charge on any atom is -0.508 e. The van der Waals surface area contributed by atoms with Crippen LogP contribution in [0.1, 0.15) is 24.3 Å². The number of amides is 4. The van der Waals surface area contributed by atoms with Crippen LogP contribution in [0.2, 0.25) is 5.02 Å². The van der Waals surface area contributed by atoms with Gasteiger partial charge in [0.2, 0.25) is 11.8 Å². The van der Waals surface area contributed by atoms with Crippen LogP contribution in [0.25, 0.3) is 0 Å². The summed E-state index contributed by atoms with van der Waals surface area (Å²) in [6, 6.07) is 11.7. The van der Waals surface area contributed by atoms with Gasteiger partial charge in [-0.15, -0.1) is 23.2 Å². The molecule has 7 rings (SSSR count). The van der Waals surface area contributed by atoms with E-state index in [1.54, 1.807) is 12.1 Å². The number of phenols is 1. The Morgan fingerprint density at radius 2 is 1.58 bits per heavy atom. The number of anilines is 2. The van der Waals surface area contributed by atoms with Gasteiger partial charge in [-0.05, 0) is 61.2 Å². The number of carbonyl (C=O) groups is 4. The fourth-order valence-corrected chi connectivity index (χ4v) is 8.93. The van der Waals surface area contributed by atoms with Crippen LogP contribution in [-0.4, -0.2) is 76.7 Å². The number of hydrogen-bond acceptors (Lipinski definition) is 7. The molecule has 2 aliphatic carbocycles. The number of morpholine rings is 1. The second kappa shape index (κ2) is 9.95. The van der Waals surface area contributed by atoms with Crippen molar-refractivity contribution in [2.45, 2.75) is 28.5 Å². The van der Waals surface area contributed by atoms with Crippen molar-refractivity contribution in [3.05, 3.63) is 64.7 Å². The molecule has 1 saturated carbocycles. The van der Waals surface area contributed by atoms with Crippen LogP contribution in [-0.2, 0) is 23.9 Å². The molecule has 9 nitrogen and oxygen atoms in total. The summed E-state index contributed by atoms with van der Waals surface area (Å²) in [6.45, 7) is 2.77. The molecule has 0 spiro atoms. The van der Waals surface area contributed by atoms with E-state index in [4.69, 9.17) is 39.5 Å². The SMILES string of the molecule is CN1C(=O)[C@]2(Cl)C[C@@H]3C(=CC[C@@H]4C(=O)N(c5ccc(N6CCOCC6)cc5)C(=O)[C@@H]43)[C@H](c3cc(Cl)ccc3O)[C@]2(Cl)C1=O. The number of halogens is 3. The molecule has 3 heterocycles. The molecule has 4 fully saturated rings. The topological polar surface area (TPSA) is 107 Å². The van der Waals surface area contributed by atoms with E-state index in [-0.39, 0.29) is 35.1 Å². The van der Waals surface area contributed by atoms with Crippen molar-refractivity contribution >= 4 is 69.8 Å². The number of alkyl halides is 2. The standard InChI is InChI=1S/C31H28Cl3N3O6/c1-35-28(41)30(33)15-22-19(25(31(30,34)29(35)42)21-14-16(32)2-9-23(21)38)7-8-20-24(22)27(40)37(26(20)39)18-5-3-17(4-6-18)36-10-12-43-13-11-36/h2-7,9,14,20,22,24-25,38H,8,10-13,15H2,1H3/t20-,22+,24-,25+,30+,31-/m0/s1. The molecular weight excluding hydrogens is 617 g/mol. The van der Waals surface area contributed by atoms with Crippen LogP contribution in [0.3, 0.4) is 0 Å². The summed E-state index contributed by atoms with van der Waals surface area (Å²) >= 11 is 20.6. The summed E-state index contributed by atoms with van der Waals surface area (Å²) in [4.78, 5) is 55.6. The first-order chi connectivity index (χ1) is 20.5. The maximum Gasteiger partial charge on any atom is 0.253 e. The van der Waals surface area contributed by atoms with Crippen LogP contribution < -0.4 is 9.80 Å². The highest BCUT2D eigenvalue weighted by atomic mass is 35.5. The molecule has 6 atom stereocenters. The predicted molar refractivity (Wildman–Crippen MR) is 161 cm³/mol. The molecule has 5 aliphatic rings. The van der Waals surface area contributed by atoms with E-state index >= 15 is 0 Å². The highest BCUT2D eigenvalue weighted by Crippen LogP contribution is 2.66. The lowest BCUT2D eigenvalue weighted by Crippen LogP contribution is -2.60. The van der Waals surface area contributed by atoms with E-state index < -0.39 is 51.1 Å². The molecule has 0 unspecified atom stereocenters. The number of hydrogen-bond donors (Lipinski definition) is 1. The molecule has 12 heteroatoms. The van der Waals surface area contributed by atoms with Crippen molar-refractivity contribution in [1.29, 1.82) is 0 Å². The number of nitrogens with zero attached hydrogens (tertiary/aromatic N) is 3. The van der Waals surface area contributed by atoms with Crippen LogP contribution >= 0.6 is 34.8 Å². The normalized spacial score (nSPS) is 33.9. The molecule has 1 N–H and O–H groups in total. The molecule has 224 valence electrons. The molecule has 0 bridgehead atoms. The van der Waals surface area contributed by atoms with Crippen LogP contribution in [0.15, 0.2) is 54.1 Å². The summed E-state index contributed by atoms with van der Waals surface area (Å²) in [6.07, 6.45) is 1.92. The first-order valence-electron chi connectivity index (χ1n) is 14.2. The molecule has 2 aromatic carbocycles. The average molecular weight is 645 g/mol. The molecule has 43 heavy (non-hydrogen) atoms. The maximum absolute atomic E-state index is 14.2. The Labute approximate surface area is 262 Å². The largest absolute Gasteiger partial charge is 0.508 e. The maximum atomic E-state index is 14.2. The van der Waals surface area contributed by atoms with Crippen LogP contribution in [0, 0.1) is 17.8 Å². The Bertz CT molecular complexity index is 1610. The Morgan fingerprint density at radius 3 is 2.28 bits per heavy atom. The second-order valence-electron chi connectivity index (χ2n) is 11.8. The van der Waals surface area contributed by atoms with Crippen molar-refractivity contribution in [2.24, 2.45) is 17.8 Å². The number of benzene rings is 2. The van der Waals surface area contributed by atoms with Gasteiger partial charge in [0.15, 0.2) is 9.75 Å². The number of carbonyl (C=O) groups excluding carboxylic acids is 4. The summed E-state index contributed by atoms with van der Waals surface area (Å²) in [5, 5.41) is 11.3. The first kappa shape index (κ1) is 28.6.